The van der Waals surface area contributed by atoms with Crippen LogP contribution in [0.4, 0.5) is 13.2 Å². The topological polar surface area (TPSA) is 20.2 Å². The zero-order valence-electron chi connectivity index (χ0n) is 9.37. The number of alkyl halides is 3. The van der Waals surface area contributed by atoms with Gasteiger partial charge in [0, 0.05) is 0 Å². The largest absolute Gasteiger partial charge is 0.416 e. The molecule has 0 unspecified atom stereocenters. The number of aliphatic hydroxyl groups is 1. The molecule has 94 valence electrons. The summed E-state index contributed by atoms with van der Waals surface area (Å²) in [7, 11) is 0. The first-order chi connectivity index (χ1) is 7.98. The van der Waals surface area contributed by atoms with E-state index >= 15 is 0 Å². The van der Waals surface area contributed by atoms with Crippen LogP contribution in [0.25, 0.3) is 0 Å². The fourth-order valence-electron chi connectivity index (χ4n) is 2.44. The fraction of sp³-hybridized carbons (Fsp3) is 0.538. The number of hydrogen-bond donors (Lipinski definition) is 1. The first-order valence-electron chi connectivity index (χ1n) is 5.84. The minimum atomic E-state index is -4.34. The summed E-state index contributed by atoms with van der Waals surface area (Å²) in [6.45, 7) is 0. The van der Waals surface area contributed by atoms with Crippen LogP contribution in [0.5, 0.6) is 0 Å². The van der Waals surface area contributed by atoms with Crippen molar-refractivity contribution in [1.29, 1.82) is 0 Å². The van der Waals surface area contributed by atoms with Crippen molar-refractivity contribution in [2.75, 3.05) is 0 Å². The molecule has 1 atom stereocenters. The van der Waals surface area contributed by atoms with E-state index < -0.39 is 17.8 Å². The first kappa shape index (κ1) is 12.4. The molecule has 1 aromatic carbocycles. The van der Waals surface area contributed by atoms with Crippen LogP contribution in [0, 0.1) is 5.92 Å². The minimum Gasteiger partial charge on any atom is -0.388 e. The van der Waals surface area contributed by atoms with Gasteiger partial charge in [-0.2, -0.15) is 13.2 Å². The Hall–Kier alpha value is -1.03. The molecule has 0 aliphatic heterocycles. The van der Waals surface area contributed by atoms with E-state index in [-0.39, 0.29) is 5.92 Å². The molecule has 0 amide bonds. The molecule has 1 aliphatic rings. The van der Waals surface area contributed by atoms with Crippen molar-refractivity contribution in [3.8, 4) is 0 Å². The van der Waals surface area contributed by atoms with Gasteiger partial charge >= 0.3 is 6.18 Å². The molecule has 0 radical (unpaired) electrons. The van der Waals surface area contributed by atoms with E-state index in [0.717, 1.165) is 37.8 Å². The third kappa shape index (κ3) is 2.80. The van der Waals surface area contributed by atoms with Gasteiger partial charge in [-0.3, -0.25) is 0 Å². The van der Waals surface area contributed by atoms with Crippen LogP contribution in [0.1, 0.15) is 42.9 Å². The lowest BCUT2D eigenvalue weighted by Crippen LogP contribution is -2.11. The summed E-state index contributed by atoms with van der Waals surface area (Å²) in [5.41, 5.74) is -0.307. The zero-order chi connectivity index (χ0) is 12.5. The molecule has 1 N–H and O–H groups in total. The monoisotopic (exact) mass is 244 g/mol. The molecule has 0 saturated heterocycles. The average Bonchev–Trinajstić information content (AvgIpc) is 2.80. The van der Waals surface area contributed by atoms with Crippen LogP contribution in [-0.4, -0.2) is 5.11 Å². The van der Waals surface area contributed by atoms with Crippen molar-refractivity contribution in [2.24, 2.45) is 5.92 Å². The summed E-state index contributed by atoms with van der Waals surface area (Å²) in [4.78, 5) is 0. The molecule has 1 aromatic rings. The van der Waals surface area contributed by atoms with Gasteiger partial charge in [-0.25, -0.2) is 0 Å². The first-order valence-corrected chi connectivity index (χ1v) is 5.84. The van der Waals surface area contributed by atoms with Gasteiger partial charge in [0.25, 0.3) is 0 Å². The second-order valence-corrected chi connectivity index (χ2v) is 4.61. The van der Waals surface area contributed by atoms with Gasteiger partial charge in [0.15, 0.2) is 0 Å². The Kier molecular flexibility index (Phi) is 3.43. The summed E-state index contributed by atoms with van der Waals surface area (Å²) in [5.74, 6) is 0.110. The van der Waals surface area contributed by atoms with Gasteiger partial charge in [-0.15, -0.1) is 0 Å². The molecule has 1 nitrogen and oxygen atoms in total. The number of halogens is 3. The Morgan fingerprint density at radius 2 is 1.82 bits per heavy atom. The summed E-state index contributed by atoms with van der Waals surface area (Å²) in [6.07, 6.45) is -1.19. The smallest absolute Gasteiger partial charge is 0.388 e. The van der Waals surface area contributed by atoms with Crippen LogP contribution in [0.2, 0.25) is 0 Å². The number of benzene rings is 1. The van der Waals surface area contributed by atoms with Gasteiger partial charge < -0.3 is 5.11 Å². The fourth-order valence-corrected chi connectivity index (χ4v) is 2.44. The molecule has 0 heterocycles. The summed E-state index contributed by atoms with van der Waals surface area (Å²) >= 11 is 0. The standard InChI is InChI=1S/C13H15F3O/c14-13(15,16)11-7-3-6-10(8-11)12(17)9-4-1-2-5-9/h3,6-9,12,17H,1-2,4-5H2/t12-/m1/s1. The third-order valence-electron chi connectivity index (χ3n) is 3.40. The predicted octanol–water partition coefficient (Wildman–Crippen LogP) is 3.93. The van der Waals surface area contributed by atoms with Crippen molar-refractivity contribution < 1.29 is 18.3 Å². The van der Waals surface area contributed by atoms with Crippen LogP contribution < -0.4 is 0 Å². The predicted molar refractivity (Wildman–Crippen MR) is 58.4 cm³/mol. The number of rotatable bonds is 2. The summed E-state index contributed by atoms with van der Waals surface area (Å²) < 4.78 is 37.6. The lowest BCUT2D eigenvalue weighted by Gasteiger charge is -2.19. The molecule has 0 bridgehead atoms. The Balaban J connectivity index is 2.20. The van der Waals surface area contributed by atoms with Gasteiger partial charge in [-0.1, -0.05) is 25.0 Å². The van der Waals surface area contributed by atoms with Gasteiger partial charge in [0.2, 0.25) is 0 Å². The van der Waals surface area contributed by atoms with Gasteiger partial charge in [-0.05, 0) is 36.5 Å². The van der Waals surface area contributed by atoms with E-state index in [9.17, 15) is 18.3 Å². The average molecular weight is 244 g/mol. The van der Waals surface area contributed by atoms with E-state index in [1.807, 2.05) is 0 Å². The lowest BCUT2D eigenvalue weighted by molar-refractivity contribution is -0.137. The maximum Gasteiger partial charge on any atom is 0.416 e. The zero-order valence-corrected chi connectivity index (χ0v) is 9.37. The van der Waals surface area contributed by atoms with Crippen molar-refractivity contribution >= 4 is 0 Å². The van der Waals surface area contributed by atoms with Crippen LogP contribution in [-0.2, 0) is 6.18 Å². The molecule has 4 heteroatoms. The Morgan fingerprint density at radius 1 is 1.18 bits per heavy atom. The Morgan fingerprint density at radius 3 is 2.41 bits per heavy atom. The highest BCUT2D eigenvalue weighted by Gasteiger charge is 2.32. The highest BCUT2D eigenvalue weighted by Crippen LogP contribution is 2.37. The third-order valence-corrected chi connectivity index (χ3v) is 3.40. The maximum absolute atomic E-state index is 12.5. The number of aliphatic hydroxyl groups excluding tert-OH is 1. The van der Waals surface area contributed by atoms with E-state index in [0.29, 0.717) is 5.56 Å². The van der Waals surface area contributed by atoms with E-state index in [4.69, 9.17) is 0 Å². The molecule has 1 aliphatic carbocycles. The molecule has 1 saturated carbocycles. The van der Waals surface area contributed by atoms with Gasteiger partial charge in [0.05, 0.1) is 11.7 Å². The van der Waals surface area contributed by atoms with Crippen LogP contribution in [0.15, 0.2) is 24.3 Å². The molecule has 2 rings (SSSR count). The Bertz CT molecular complexity index is 380. The van der Waals surface area contributed by atoms with Crippen LogP contribution >= 0.6 is 0 Å². The highest BCUT2D eigenvalue weighted by molar-refractivity contribution is 5.27. The van der Waals surface area contributed by atoms with Crippen molar-refractivity contribution in [3.05, 3.63) is 35.4 Å². The van der Waals surface area contributed by atoms with Crippen LogP contribution in [0.3, 0.4) is 0 Å². The molecule has 1 fully saturated rings. The van der Waals surface area contributed by atoms with Crippen molar-refractivity contribution in [3.63, 3.8) is 0 Å². The molecule has 17 heavy (non-hydrogen) atoms. The van der Waals surface area contributed by atoms with E-state index in [1.165, 1.54) is 6.07 Å². The molecule has 0 spiro atoms. The van der Waals surface area contributed by atoms with Crippen molar-refractivity contribution in [1.82, 2.24) is 0 Å². The van der Waals surface area contributed by atoms with E-state index in [1.54, 1.807) is 6.07 Å². The SMILES string of the molecule is O[C@@H](c1cccc(C(F)(F)F)c1)C1CCCC1. The normalized spacial score (nSPS) is 19.5. The molecular formula is C13H15F3O. The van der Waals surface area contributed by atoms with E-state index in [2.05, 4.69) is 0 Å². The second-order valence-electron chi connectivity index (χ2n) is 4.61. The molecule has 0 aromatic heterocycles. The van der Waals surface area contributed by atoms with Crippen molar-refractivity contribution in [2.45, 2.75) is 38.0 Å². The lowest BCUT2D eigenvalue weighted by atomic mass is 9.93. The summed E-state index contributed by atoms with van der Waals surface area (Å²) in [6, 6.07) is 5.02. The summed E-state index contributed by atoms with van der Waals surface area (Å²) in [5, 5.41) is 10.0. The maximum atomic E-state index is 12.5. The van der Waals surface area contributed by atoms with Gasteiger partial charge in [0.1, 0.15) is 0 Å². The highest BCUT2D eigenvalue weighted by atomic mass is 19.4. The second kappa shape index (κ2) is 4.69. The minimum absolute atomic E-state index is 0.110. The molecular weight excluding hydrogens is 229 g/mol. The quantitative estimate of drug-likeness (QED) is 0.835. The number of hydrogen-bond acceptors (Lipinski definition) is 1. The Labute approximate surface area is 98.3 Å².